The molecule has 0 amide bonds. The molecule has 0 heterocycles. The van der Waals surface area contributed by atoms with E-state index >= 15 is 0 Å². The Hall–Kier alpha value is -1.67. The molecule has 2 aromatic carbocycles. The van der Waals surface area contributed by atoms with Gasteiger partial charge in [0.15, 0.2) is 0 Å². The maximum atomic E-state index is 13.1. The van der Waals surface area contributed by atoms with Crippen LogP contribution in [0.1, 0.15) is 35.6 Å². The lowest BCUT2D eigenvalue weighted by molar-refractivity contribution is 0.570. The van der Waals surface area contributed by atoms with Crippen molar-refractivity contribution in [2.24, 2.45) is 5.92 Å². The van der Waals surface area contributed by atoms with E-state index in [0.29, 0.717) is 0 Å². The van der Waals surface area contributed by atoms with E-state index in [1.54, 1.807) is 0 Å². The largest absolute Gasteiger partial charge is 0.306 e. The predicted octanol–water partition coefficient (Wildman–Crippen LogP) is 4.22. The second-order valence-electron chi connectivity index (χ2n) is 5.75. The summed E-state index contributed by atoms with van der Waals surface area (Å²) in [5, 5.41) is 3.64. The molecule has 1 aliphatic rings. The highest BCUT2D eigenvalue weighted by atomic mass is 19.1. The Morgan fingerprint density at radius 2 is 1.85 bits per heavy atom. The fourth-order valence-corrected chi connectivity index (χ4v) is 2.54. The molecule has 1 atom stereocenters. The number of aryl methyl sites for hydroxylation is 1. The molecule has 0 saturated heterocycles. The molecule has 1 nitrogen and oxygen atoms in total. The van der Waals surface area contributed by atoms with Gasteiger partial charge in [0, 0.05) is 0 Å². The molecule has 3 rings (SSSR count). The molecule has 104 valence electrons. The van der Waals surface area contributed by atoms with Crippen LogP contribution in [0.25, 0.3) is 0 Å². The molecule has 1 aliphatic carbocycles. The van der Waals surface area contributed by atoms with Crippen LogP contribution >= 0.6 is 0 Å². The number of rotatable bonds is 5. The molecule has 2 aromatic rings. The van der Waals surface area contributed by atoms with Gasteiger partial charge < -0.3 is 5.32 Å². The Morgan fingerprint density at radius 1 is 1.10 bits per heavy atom. The molecular formula is C18H20FN. The molecule has 1 fully saturated rings. The monoisotopic (exact) mass is 269 g/mol. The highest BCUT2D eigenvalue weighted by Gasteiger charge is 2.23. The van der Waals surface area contributed by atoms with Crippen LogP contribution in [0.5, 0.6) is 0 Å². The molecule has 1 unspecified atom stereocenters. The summed E-state index contributed by atoms with van der Waals surface area (Å²) in [7, 11) is 0. The molecule has 0 aliphatic heterocycles. The zero-order valence-electron chi connectivity index (χ0n) is 11.8. The summed E-state index contributed by atoms with van der Waals surface area (Å²) in [4.78, 5) is 0. The van der Waals surface area contributed by atoms with Gasteiger partial charge in [-0.2, -0.15) is 0 Å². The average molecular weight is 269 g/mol. The van der Waals surface area contributed by atoms with Crippen LogP contribution in [0.15, 0.2) is 48.5 Å². The molecule has 20 heavy (non-hydrogen) atoms. The van der Waals surface area contributed by atoms with Gasteiger partial charge in [0.1, 0.15) is 5.82 Å². The van der Waals surface area contributed by atoms with Crippen molar-refractivity contribution in [2.45, 2.75) is 25.8 Å². The van der Waals surface area contributed by atoms with E-state index in [1.165, 1.54) is 36.1 Å². The predicted molar refractivity (Wildman–Crippen MR) is 80.1 cm³/mol. The van der Waals surface area contributed by atoms with E-state index in [9.17, 15) is 4.39 Å². The molecular weight excluding hydrogens is 249 g/mol. The van der Waals surface area contributed by atoms with Crippen LogP contribution in [-0.2, 0) is 0 Å². The second kappa shape index (κ2) is 5.76. The fourth-order valence-electron chi connectivity index (χ4n) is 2.54. The summed E-state index contributed by atoms with van der Waals surface area (Å²) < 4.78 is 13.1. The summed E-state index contributed by atoms with van der Waals surface area (Å²) in [5.74, 6) is 0.640. The van der Waals surface area contributed by atoms with Crippen molar-refractivity contribution >= 4 is 0 Å². The first-order valence-corrected chi connectivity index (χ1v) is 7.28. The van der Waals surface area contributed by atoms with E-state index < -0.39 is 0 Å². The van der Waals surface area contributed by atoms with Crippen LogP contribution in [0.4, 0.5) is 4.39 Å². The van der Waals surface area contributed by atoms with Crippen molar-refractivity contribution in [2.75, 3.05) is 6.54 Å². The highest BCUT2D eigenvalue weighted by molar-refractivity contribution is 5.34. The SMILES string of the molecule is Cc1cccc(C(NCC2CC2)c2ccc(F)cc2)c1. The van der Waals surface area contributed by atoms with Crippen LogP contribution in [0, 0.1) is 18.7 Å². The van der Waals surface area contributed by atoms with Crippen molar-refractivity contribution in [1.29, 1.82) is 0 Å². The van der Waals surface area contributed by atoms with Gasteiger partial charge in [0.05, 0.1) is 6.04 Å². The zero-order chi connectivity index (χ0) is 13.9. The number of nitrogens with one attached hydrogen (secondary N) is 1. The van der Waals surface area contributed by atoms with Crippen molar-refractivity contribution < 1.29 is 4.39 Å². The van der Waals surface area contributed by atoms with Crippen molar-refractivity contribution in [3.05, 3.63) is 71.0 Å². The van der Waals surface area contributed by atoms with Crippen molar-refractivity contribution in [3.8, 4) is 0 Å². The van der Waals surface area contributed by atoms with E-state index in [-0.39, 0.29) is 11.9 Å². The smallest absolute Gasteiger partial charge is 0.123 e. The van der Waals surface area contributed by atoms with Gasteiger partial charge in [-0.3, -0.25) is 0 Å². The number of hydrogen-bond donors (Lipinski definition) is 1. The Kier molecular flexibility index (Phi) is 3.83. The lowest BCUT2D eigenvalue weighted by Crippen LogP contribution is -2.24. The third-order valence-corrected chi connectivity index (χ3v) is 3.89. The minimum absolute atomic E-state index is 0.149. The summed E-state index contributed by atoms with van der Waals surface area (Å²) in [5.41, 5.74) is 3.62. The molecule has 1 saturated carbocycles. The van der Waals surface area contributed by atoms with Crippen molar-refractivity contribution in [1.82, 2.24) is 5.32 Å². The topological polar surface area (TPSA) is 12.0 Å². The Balaban J connectivity index is 1.87. The zero-order valence-corrected chi connectivity index (χ0v) is 11.8. The fraction of sp³-hybridized carbons (Fsp3) is 0.333. The summed E-state index contributed by atoms with van der Waals surface area (Å²) in [6.07, 6.45) is 2.66. The summed E-state index contributed by atoms with van der Waals surface area (Å²) in [6.45, 7) is 3.14. The molecule has 2 heteroatoms. The average Bonchev–Trinajstić information content (AvgIpc) is 3.25. The van der Waals surface area contributed by atoms with Gasteiger partial charge in [-0.1, -0.05) is 42.0 Å². The molecule has 0 aromatic heterocycles. The van der Waals surface area contributed by atoms with Gasteiger partial charge in [-0.05, 0) is 55.5 Å². The van der Waals surface area contributed by atoms with E-state index in [1.807, 2.05) is 12.1 Å². The van der Waals surface area contributed by atoms with Gasteiger partial charge in [-0.25, -0.2) is 4.39 Å². The number of benzene rings is 2. The van der Waals surface area contributed by atoms with Gasteiger partial charge >= 0.3 is 0 Å². The minimum atomic E-state index is -0.182. The van der Waals surface area contributed by atoms with Gasteiger partial charge in [-0.15, -0.1) is 0 Å². The number of hydrogen-bond acceptors (Lipinski definition) is 1. The lowest BCUT2D eigenvalue weighted by Gasteiger charge is -2.20. The Labute approximate surface area is 119 Å². The molecule has 0 radical (unpaired) electrons. The highest BCUT2D eigenvalue weighted by Crippen LogP contribution is 2.30. The van der Waals surface area contributed by atoms with Crippen molar-refractivity contribution in [3.63, 3.8) is 0 Å². The molecule has 0 bridgehead atoms. The van der Waals surface area contributed by atoms with Crippen LogP contribution in [0.2, 0.25) is 0 Å². The van der Waals surface area contributed by atoms with E-state index in [0.717, 1.165) is 18.0 Å². The molecule has 1 N–H and O–H groups in total. The quantitative estimate of drug-likeness (QED) is 0.856. The summed E-state index contributed by atoms with van der Waals surface area (Å²) in [6, 6.07) is 15.5. The maximum Gasteiger partial charge on any atom is 0.123 e. The standard InChI is InChI=1S/C18H20FN/c1-13-3-2-4-16(11-13)18(20-12-14-5-6-14)15-7-9-17(19)10-8-15/h2-4,7-11,14,18,20H,5-6,12H2,1H3. The van der Waals surface area contributed by atoms with Crippen LogP contribution in [0.3, 0.4) is 0 Å². The Bertz CT molecular complexity index is 572. The maximum absolute atomic E-state index is 13.1. The van der Waals surface area contributed by atoms with Crippen LogP contribution in [-0.4, -0.2) is 6.54 Å². The first-order valence-electron chi connectivity index (χ1n) is 7.28. The van der Waals surface area contributed by atoms with E-state index in [2.05, 4.69) is 36.5 Å². The summed E-state index contributed by atoms with van der Waals surface area (Å²) >= 11 is 0. The minimum Gasteiger partial charge on any atom is -0.306 e. The number of halogens is 1. The van der Waals surface area contributed by atoms with Crippen LogP contribution < -0.4 is 5.32 Å². The second-order valence-corrected chi connectivity index (χ2v) is 5.75. The first-order chi connectivity index (χ1) is 9.72. The third-order valence-electron chi connectivity index (χ3n) is 3.89. The first kappa shape index (κ1) is 13.3. The molecule has 0 spiro atoms. The normalized spacial score (nSPS) is 16.1. The van der Waals surface area contributed by atoms with Gasteiger partial charge in [0.25, 0.3) is 0 Å². The van der Waals surface area contributed by atoms with E-state index in [4.69, 9.17) is 0 Å². The Morgan fingerprint density at radius 3 is 2.50 bits per heavy atom. The van der Waals surface area contributed by atoms with Gasteiger partial charge in [0.2, 0.25) is 0 Å². The third kappa shape index (κ3) is 3.26. The lowest BCUT2D eigenvalue weighted by atomic mass is 9.97.